The van der Waals surface area contributed by atoms with Gasteiger partial charge in [0.15, 0.2) is 0 Å². The molecule has 74 valence electrons. The van der Waals surface area contributed by atoms with Crippen molar-refractivity contribution in [1.29, 1.82) is 0 Å². The number of hydrogen-bond donors (Lipinski definition) is 1. The Hall–Kier alpha value is -1.61. The van der Waals surface area contributed by atoms with Gasteiger partial charge in [-0.15, -0.1) is 6.58 Å². The molecule has 1 atom stereocenters. The first-order chi connectivity index (χ1) is 6.88. The lowest BCUT2D eigenvalue weighted by molar-refractivity contribution is 0.125. The monoisotopic (exact) mass is 191 g/mol. The van der Waals surface area contributed by atoms with Crippen LogP contribution in [0.5, 0.6) is 0 Å². The molecule has 0 bridgehead atoms. The van der Waals surface area contributed by atoms with Crippen LogP contribution in [0.15, 0.2) is 48.1 Å². The molecule has 0 spiro atoms. The molecule has 0 fully saturated rings. The Balaban J connectivity index is 2.72. The Morgan fingerprint density at radius 1 is 1.43 bits per heavy atom. The van der Waals surface area contributed by atoms with Gasteiger partial charge in [0, 0.05) is 0 Å². The maximum atomic E-state index is 8.46. The number of nitrogens with zero attached hydrogens (tertiary/aromatic N) is 1. The second kappa shape index (κ2) is 5.94. The minimum absolute atomic E-state index is 0.320. The summed E-state index contributed by atoms with van der Waals surface area (Å²) in [6, 6.07) is 9.56. The molecule has 1 aromatic rings. The van der Waals surface area contributed by atoms with E-state index in [1.54, 1.807) is 6.08 Å². The fraction of sp³-hybridized carbons (Fsp3) is 0.182. The molecule has 1 rings (SSSR count). The molecule has 0 aliphatic rings. The molecule has 0 aliphatic carbocycles. The van der Waals surface area contributed by atoms with Crippen LogP contribution in [-0.4, -0.2) is 18.0 Å². The van der Waals surface area contributed by atoms with Crippen molar-refractivity contribution in [2.24, 2.45) is 5.16 Å². The minimum atomic E-state index is -0.320. The third-order valence-corrected chi connectivity index (χ3v) is 1.72. The van der Waals surface area contributed by atoms with Gasteiger partial charge in [-0.25, -0.2) is 0 Å². The van der Waals surface area contributed by atoms with Crippen molar-refractivity contribution in [3.63, 3.8) is 0 Å². The topological polar surface area (TPSA) is 41.8 Å². The number of oxime groups is 1. The van der Waals surface area contributed by atoms with Gasteiger partial charge < -0.3 is 9.94 Å². The molecule has 0 aliphatic heterocycles. The summed E-state index contributed by atoms with van der Waals surface area (Å²) in [6.45, 7) is 3.98. The maximum absolute atomic E-state index is 8.46. The van der Waals surface area contributed by atoms with Crippen LogP contribution in [0.3, 0.4) is 0 Å². The van der Waals surface area contributed by atoms with Crippen molar-refractivity contribution in [2.45, 2.75) is 6.10 Å². The normalized spacial score (nSPS) is 12.9. The molecule has 3 heteroatoms. The zero-order valence-corrected chi connectivity index (χ0v) is 7.84. The van der Waals surface area contributed by atoms with Gasteiger partial charge in [0.05, 0.1) is 12.8 Å². The fourth-order valence-electron chi connectivity index (χ4n) is 1.10. The molecule has 0 amide bonds. The van der Waals surface area contributed by atoms with E-state index < -0.39 is 0 Å². The summed E-state index contributed by atoms with van der Waals surface area (Å²) in [5.41, 5.74) is 0.951. The minimum Gasteiger partial charge on any atom is -0.411 e. The summed E-state index contributed by atoms with van der Waals surface area (Å²) in [6.07, 6.45) is 2.68. The zero-order chi connectivity index (χ0) is 10.2. The fourth-order valence-corrected chi connectivity index (χ4v) is 1.10. The van der Waals surface area contributed by atoms with Gasteiger partial charge in [0.25, 0.3) is 0 Å². The van der Waals surface area contributed by atoms with Crippen molar-refractivity contribution in [3.05, 3.63) is 48.6 Å². The zero-order valence-electron chi connectivity index (χ0n) is 7.84. The van der Waals surface area contributed by atoms with Gasteiger partial charge in [-0.3, -0.25) is 0 Å². The molecule has 1 aromatic carbocycles. The van der Waals surface area contributed by atoms with E-state index in [0.29, 0.717) is 6.61 Å². The van der Waals surface area contributed by atoms with E-state index >= 15 is 0 Å². The largest absolute Gasteiger partial charge is 0.411 e. The second-order valence-electron chi connectivity index (χ2n) is 2.72. The van der Waals surface area contributed by atoms with Crippen molar-refractivity contribution in [2.75, 3.05) is 6.61 Å². The number of benzene rings is 1. The SMILES string of the molecule is C=CCOC(/C=N/O)c1ccccc1. The van der Waals surface area contributed by atoms with Crippen molar-refractivity contribution < 1.29 is 9.94 Å². The van der Waals surface area contributed by atoms with E-state index in [4.69, 9.17) is 9.94 Å². The lowest BCUT2D eigenvalue weighted by atomic mass is 10.1. The Morgan fingerprint density at radius 2 is 2.14 bits per heavy atom. The van der Waals surface area contributed by atoms with E-state index in [9.17, 15) is 0 Å². The summed E-state index contributed by atoms with van der Waals surface area (Å²) in [5, 5.41) is 11.4. The van der Waals surface area contributed by atoms with Crippen LogP contribution in [0, 0.1) is 0 Å². The Bertz CT molecular complexity index is 295. The second-order valence-corrected chi connectivity index (χ2v) is 2.72. The standard InChI is InChI=1S/C11H13NO2/c1-2-8-14-11(9-12-13)10-6-4-3-5-7-10/h2-7,9,11,13H,1,8H2/b12-9+. The van der Waals surface area contributed by atoms with Crippen molar-refractivity contribution >= 4 is 6.21 Å². The van der Waals surface area contributed by atoms with E-state index in [1.165, 1.54) is 6.21 Å². The van der Waals surface area contributed by atoms with Gasteiger partial charge >= 0.3 is 0 Å². The molecule has 1 unspecified atom stereocenters. The van der Waals surface area contributed by atoms with Crippen LogP contribution in [0.1, 0.15) is 11.7 Å². The molecule has 0 heterocycles. The van der Waals surface area contributed by atoms with Crippen LogP contribution in [0.25, 0.3) is 0 Å². The Labute approximate surface area is 83.3 Å². The van der Waals surface area contributed by atoms with E-state index in [2.05, 4.69) is 11.7 Å². The van der Waals surface area contributed by atoms with Crippen LogP contribution in [0.4, 0.5) is 0 Å². The van der Waals surface area contributed by atoms with Crippen molar-refractivity contribution in [3.8, 4) is 0 Å². The van der Waals surface area contributed by atoms with Gasteiger partial charge in [-0.1, -0.05) is 41.6 Å². The summed E-state index contributed by atoms with van der Waals surface area (Å²) < 4.78 is 5.39. The van der Waals surface area contributed by atoms with E-state index in [0.717, 1.165) is 5.56 Å². The molecular weight excluding hydrogens is 178 g/mol. The van der Waals surface area contributed by atoms with Gasteiger partial charge in [0.1, 0.15) is 6.10 Å². The summed E-state index contributed by atoms with van der Waals surface area (Å²) in [5.74, 6) is 0. The molecule has 3 nitrogen and oxygen atoms in total. The molecule has 14 heavy (non-hydrogen) atoms. The first kappa shape index (κ1) is 10.5. The summed E-state index contributed by atoms with van der Waals surface area (Å²) >= 11 is 0. The molecule has 0 saturated heterocycles. The van der Waals surface area contributed by atoms with Crippen LogP contribution < -0.4 is 0 Å². The van der Waals surface area contributed by atoms with E-state index in [1.807, 2.05) is 30.3 Å². The Morgan fingerprint density at radius 3 is 2.71 bits per heavy atom. The lowest BCUT2D eigenvalue weighted by Gasteiger charge is -2.11. The summed E-state index contributed by atoms with van der Waals surface area (Å²) in [7, 11) is 0. The molecule has 0 aromatic heterocycles. The molecule has 1 N–H and O–H groups in total. The average molecular weight is 191 g/mol. The first-order valence-corrected chi connectivity index (χ1v) is 4.33. The smallest absolute Gasteiger partial charge is 0.121 e. The third kappa shape index (κ3) is 3.03. The molecule has 0 radical (unpaired) electrons. The number of rotatable bonds is 5. The van der Waals surface area contributed by atoms with Crippen LogP contribution >= 0.6 is 0 Å². The number of ether oxygens (including phenoxy) is 1. The van der Waals surface area contributed by atoms with Gasteiger partial charge in [-0.05, 0) is 5.56 Å². The third-order valence-electron chi connectivity index (χ3n) is 1.72. The molecule has 0 saturated carbocycles. The van der Waals surface area contributed by atoms with Crippen LogP contribution in [0.2, 0.25) is 0 Å². The maximum Gasteiger partial charge on any atom is 0.121 e. The highest BCUT2D eigenvalue weighted by Crippen LogP contribution is 2.14. The quantitative estimate of drug-likeness (QED) is 0.336. The predicted molar refractivity (Wildman–Crippen MR) is 55.6 cm³/mol. The average Bonchev–Trinajstić information content (AvgIpc) is 2.25. The first-order valence-electron chi connectivity index (χ1n) is 4.33. The lowest BCUT2D eigenvalue weighted by Crippen LogP contribution is -2.05. The highest BCUT2D eigenvalue weighted by molar-refractivity contribution is 5.65. The highest BCUT2D eigenvalue weighted by atomic mass is 16.5. The molecular formula is C11H13NO2. The van der Waals surface area contributed by atoms with E-state index in [-0.39, 0.29) is 6.10 Å². The van der Waals surface area contributed by atoms with Crippen molar-refractivity contribution in [1.82, 2.24) is 0 Å². The summed E-state index contributed by atoms with van der Waals surface area (Å²) in [4.78, 5) is 0. The number of hydrogen-bond acceptors (Lipinski definition) is 3. The van der Waals surface area contributed by atoms with Crippen LogP contribution in [-0.2, 0) is 4.74 Å². The predicted octanol–water partition coefficient (Wildman–Crippen LogP) is 2.39. The highest BCUT2D eigenvalue weighted by Gasteiger charge is 2.07. The van der Waals surface area contributed by atoms with Gasteiger partial charge in [-0.2, -0.15) is 0 Å². The van der Waals surface area contributed by atoms with Gasteiger partial charge in [0.2, 0.25) is 0 Å². The Kier molecular flexibility index (Phi) is 4.44.